The van der Waals surface area contributed by atoms with Crippen molar-refractivity contribution in [2.24, 2.45) is 0 Å². The number of aryl methyl sites for hydroxylation is 1. The largest absolute Gasteiger partial charge is 0.465 e. The van der Waals surface area contributed by atoms with Crippen LogP contribution in [0.15, 0.2) is 12.1 Å². The topological polar surface area (TPSA) is 26.3 Å². The molecule has 1 aromatic rings. The summed E-state index contributed by atoms with van der Waals surface area (Å²) in [6.07, 6.45) is 0. The van der Waals surface area contributed by atoms with Crippen LogP contribution in [0.25, 0.3) is 0 Å². The fourth-order valence-electron chi connectivity index (χ4n) is 1.25. The minimum Gasteiger partial charge on any atom is -0.465 e. The lowest BCUT2D eigenvalue weighted by atomic mass is 10.1. The summed E-state index contributed by atoms with van der Waals surface area (Å²) in [6, 6.07) is 3.08. The van der Waals surface area contributed by atoms with Crippen LogP contribution in [-0.2, 0) is 10.1 Å². The lowest BCUT2D eigenvalue weighted by Crippen LogP contribution is -2.07. The van der Waals surface area contributed by atoms with Crippen molar-refractivity contribution in [3.8, 4) is 0 Å². The van der Waals surface area contributed by atoms with Crippen molar-refractivity contribution in [2.45, 2.75) is 12.3 Å². The van der Waals surface area contributed by atoms with E-state index in [-0.39, 0.29) is 5.56 Å². The monoisotopic (exact) mass is 260 g/mol. The second-order valence-corrected chi connectivity index (χ2v) is 3.46. The summed E-state index contributed by atoms with van der Waals surface area (Å²) in [6.45, 7) is 1.68. The van der Waals surface area contributed by atoms with Crippen LogP contribution in [0.1, 0.15) is 21.5 Å². The van der Waals surface area contributed by atoms with Crippen molar-refractivity contribution < 1.29 is 13.9 Å². The zero-order chi connectivity index (χ0) is 10.7. The van der Waals surface area contributed by atoms with E-state index in [1.54, 1.807) is 13.0 Å². The van der Waals surface area contributed by atoms with Gasteiger partial charge in [-0.1, -0.05) is 22.0 Å². The lowest BCUT2D eigenvalue weighted by Gasteiger charge is -2.06. The van der Waals surface area contributed by atoms with Crippen LogP contribution in [0.2, 0.25) is 0 Å². The molecule has 0 bridgehead atoms. The summed E-state index contributed by atoms with van der Waals surface area (Å²) in [5.74, 6) is -1.17. The van der Waals surface area contributed by atoms with E-state index < -0.39 is 11.8 Å². The van der Waals surface area contributed by atoms with Gasteiger partial charge in [0.05, 0.1) is 12.7 Å². The number of benzene rings is 1. The highest BCUT2D eigenvalue weighted by molar-refractivity contribution is 9.08. The molecule has 2 nitrogen and oxygen atoms in total. The molecule has 0 saturated heterocycles. The fraction of sp³-hybridized carbons (Fsp3) is 0.300. The molecule has 0 radical (unpaired) electrons. The highest BCUT2D eigenvalue weighted by Gasteiger charge is 2.15. The lowest BCUT2D eigenvalue weighted by molar-refractivity contribution is 0.0594. The summed E-state index contributed by atoms with van der Waals surface area (Å²) in [5.41, 5.74) is 1.40. The van der Waals surface area contributed by atoms with Crippen LogP contribution in [0, 0.1) is 12.7 Å². The van der Waals surface area contributed by atoms with Gasteiger partial charge in [-0.3, -0.25) is 0 Å². The fourth-order valence-corrected chi connectivity index (χ4v) is 1.58. The van der Waals surface area contributed by atoms with Crippen molar-refractivity contribution in [1.29, 1.82) is 0 Å². The van der Waals surface area contributed by atoms with Gasteiger partial charge in [0.2, 0.25) is 0 Å². The number of alkyl halides is 1. The number of esters is 1. The predicted octanol–water partition coefficient (Wildman–Crippen LogP) is 2.82. The molecule has 0 spiro atoms. The number of hydrogen-bond donors (Lipinski definition) is 0. The number of hydrogen-bond acceptors (Lipinski definition) is 2. The zero-order valence-electron chi connectivity index (χ0n) is 7.93. The van der Waals surface area contributed by atoms with Crippen molar-refractivity contribution >= 4 is 21.9 Å². The molecule has 0 saturated carbocycles. The Labute approximate surface area is 90.2 Å². The standard InChI is InChI=1S/C10H10BrFO2/c1-6-3-7(5-11)4-8(12)9(6)10(13)14-2/h3-4H,5H2,1-2H3. The molecule has 0 heterocycles. The third-order valence-corrected chi connectivity index (χ3v) is 2.54. The van der Waals surface area contributed by atoms with E-state index in [0.29, 0.717) is 10.9 Å². The van der Waals surface area contributed by atoms with Crippen molar-refractivity contribution in [3.63, 3.8) is 0 Å². The molecule has 0 amide bonds. The maximum absolute atomic E-state index is 13.4. The van der Waals surface area contributed by atoms with Gasteiger partial charge in [0.1, 0.15) is 5.82 Å². The third kappa shape index (κ3) is 2.12. The van der Waals surface area contributed by atoms with E-state index >= 15 is 0 Å². The van der Waals surface area contributed by atoms with Crippen LogP contribution < -0.4 is 0 Å². The molecule has 0 unspecified atom stereocenters. The average molecular weight is 261 g/mol. The maximum atomic E-state index is 13.4. The van der Waals surface area contributed by atoms with Gasteiger partial charge in [-0.15, -0.1) is 0 Å². The van der Waals surface area contributed by atoms with Gasteiger partial charge in [0, 0.05) is 5.33 Å². The molecule has 0 aromatic heterocycles. The van der Waals surface area contributed by atoms with Gasteiger partial charge in [0.25, 0.3) is 0 Å². The Balaban J connectivity index is 3.25. The summed E-state index contributed by atoms with van der Waals surface area (Å²) in [7, 11) is 1.24. The van der Waals surface area contributed by atoms with Crippen LogP contribution in [0.3, 0.4) is 0 Å². The highest BCUT2D eigenvalue weighted by Crippen LogP contribution is 2.18. The molecular formula is C10H10BrFO2. The van der Waals surface area contributed by atoms with Crippen molar-refractivity contribution in [2.75, 3.05) is 7.11 Å². The molecule has 76 valence electrons. The molecule has 0 atom stereocenters. The van der Waals surface area contributed by atoms with Crippen molar-refractivity contribution in [3.05, 3.63) is 34.6 Å². The van der Waals surface area contributed by atoms with Crippen LogP contribution >= 0.6 is 15.9 Å². The number of ether oxygens (including phenoxy) is 1. The number of carbonyl (C=O) groups is 1. The first-order valence-electron chi connectivity index (χ1n) is 4.03. The van der Waals surface area contributed by atoms with Gasteiger partial charge in [-0.25, -0.2) is 9.18 Å². The van der Waals surface area contributed by atoms with Gasteiger partial charge < -0.3 is 4.74 Å². The predicted molar refractivity (Wildman–Crippen MR) is 55.1 cm³/mol. The Hall–Kier alpha value is -0.900. The third-order valence-electron chi connectivity index (χ3n) is 1.89. The molecule has 1 rings (SSSR count). The SMILES string of the molecule is COC(=O)c1c(C)cc(CBr)cc1F. The number of methoxy groups -OCH3 is 1. The van der Waals surface area contributed by atoms with Crippen LogP contribution in [-0.4, -0.2) is 13.1 Å². The average Bonchev–Trinajstić information content (AvgIpc) is 2.16. The molecule has 14 heavy (non-hydrogen) atoms. The second-order valence-electron chi connectivity index (χ2n) is 2.89. The number of halogens is 2. The van der Waals surface area contributed by atoms with Gasteiger partial charge in [0.15, 0.2) is 0 Å². The minimum absolute atomic E-state index is 0.0113. The normalized spacial score (nSPS) is 10.0. The summed E-state index contributed by atoms with van der Waals surface area (Å²) >= 11 is 3.22. The van der Waals surface area contributed by atoms with Gasteiger partial charge in [-0.05, 0) is 24.1 Å². The van der Waals surface area contributed by atoms with Crippen molar-refractivity contribution in [1.82, 2.24) is 0 Å². The number of rotatable bonds is 2. The molecule has 4 heteroatoms. The molecule has 0 aliphatic heterocycles. The van der Waals surface area contributed by atoms with Gasteiger partial charge >= 0.3 is 5.97 Å². The zero-order valence-corrected chi connectivity index (χ0v) is 9.52. The highest BCUT2D eigenvalue weighted by atomic mass is 79.9. The van der Waals surface area contributed by atoms with Gasteiger partial charge in [-0.2, -0.15) is 0 Å². The smallest absolute Gasteiger partial charge is 0.341 e. The quantitative estimate of drug-likeness (QED) is 0.604. The number of carbonyl (C=O) groups excluding carboxylic acids is 1. The minimum atomic E-state index is -0.638. The van der Waals surface area contributed by atoms with E-state index in [9.17, 15) is 9.18 Å². The maximum Gasteiger partial charge on any atom is 0.341 e. The van der Waals surface area contributed by atoms with Crippen LogP contribution in [0.4, 0.5) is 4.39 Å². The first-order valence-corrected chi connectivity index (χ1v) is 5.15. The van der Waals surface area contributed by atoms with E-state index in [2.05, 4.69) is 20.7 Å². The Kier molecular flexibility index (Phi) is 3.63. The summed E-state index contributed by atoms with van der Waals surface area (Å²) in [5, 5.41) is 0.562. The van der Waals surface area contributed by atoms with E-state index in [1.807, 2.05) is 0 Å². The Morgan fingerprint density at radius 1 is 1.57 bits per heavy atom. The molecular weight excluding hydrogens is 251 g/mol. The second kappa shape index (κ2) is 4.55. The molecule has 0 fully saturated rings. The molecule has 0 N–H and O–H groups in total. The first-order chi connectivity index (χ1) is 6.60. The summed E-state index contributed by atoms with van der Waals surface area (Å²) < 4.78 is 17.9. The molecule has 0 aliphatic rings. The Bertz CT molecular complexity index is 340. The van der Waals surface area contributed by atoms with Crippen LogP contribution in [0.5, 0.6) is 0 Å². The molecule has 1 aromatic carbocycles. The van der Waals surface area contributed by atoms with E-state index in [0.717, 1.165) is 5.56 Å². The first kappa shape index (κ1) is 11.2. The van der Waals surface area contributed by atoms with E-state index in [4.69, 9.17) is 0 Å². The van der Waals surface area contributed by atoms with E-state index in [1.165, 1.54) is 13.2 Å². The summed E-state index contributed by atoms with van der Waals surface area (Å²) in [4.78, 5) is 11.2. The Morgan fingerprint density at radius 2 is 2.21 bits per heavy atom. The Morgan fingerprint density at radius 3 is 2.64 bits per heavy atom. The molecule has 0 aliphatic carbocycles.